The number of hydrogen-bond donors (Lipinski definition) is 1. The Morgan fingerprint density at radius 3 is 2.75 bits per heavy atom. The van der Waals surface area contributed by atoms with Crippen molar-refractivity contribution >= 4 is 23.2 Å². The van der Waals surface area contributed by atoms with Crippen LogP contribution in [-0.4, -0.2) is 9.97 Å². The fourth-order valence-electron chi connectivity index (χ4n) is 1.90. The third-order valence-electron chi connectivity index (χ3n) is 2.94. The van der Waals surface area contributed by atoms with E-state index in [9.17, 15) is 4.39 Å². The first-order valence-corrected chi connectivity index (χ1v) is 6.90. The Balaban J connectivity index is 2.13. The molecule has 0 amide bonds. The molecule has 0 saturated carbocycles. The van der Waals surface area contributed by atoms with Crippen molar-refractivity contribution in [2.45, 2.75) is 26.4 Å². The van der Waals surface area contributed by atoms with Gasteiger partial charge in [0.25, 0.3) is 0 Å². The van der Waals surface area contributed by atoms with Gasteiger partial charge in [-0.2, -0.15) is 0 Å². The Kier molecular flexibility index (Phi) is 4.91. The summed E-state index contributed by atoms with van der Waals surface area (Å²) in [4.78, 5) is 8.32. The third-order valence-corrected chi connectivity index (χ3v) is 3.65. The molecule has 20 heavy (non-hydrogen) atoms. The number of halogens is 3. The van der Waals surface area contributed by atoms with Crippen molar-refractivity contribution in [3.63, 3.8) is 0 Å². The van der Waals surface area contributed by atoms with E-state index in [4.69, 9.17) is 23.2 Å². The smallest absolute Gasteiger partial charge is 0.142 e. The van der Waals surface area contributed by atoms with Crippen LogP contribution in [0.15, 0.2) is 24.4 Å². The second-order valence-electron chi connectivity index (χ2n) is 4.45. The minimum absolute atomic E-state index is 0.0522. The van der Waals surface area contributed by atoms with Gasteiger partial charge in [0.15, 0.2) is 0 Å². The lowest BCUT2D eigenvalue weighted by Crippen LogP contribution is -2.20. The molecule has 0 bridgehead atoms. The van der Waals surface area contributed by atoms with E-state index in [2.05, 4.69) is 15.3 Å². The van der Waals surface area contributed by atoms with Crippen LogP contribution in [0.4, 0.5) is 4.39 Å². The molecule has 2 aromatic rings. The highest BCUT2D eigenvalue weighted by Gasteiger charge is 2.16. The molecule has 0 aliphatic rings. The van der Waals surface area contributed by atoms with Crippen molar-refractivity contribution in [1.82, 2.24) is 15.3 Å². The van der Waals surface area contributed by atoms with Gasteiger partial charge in [-0.15, -0.1) is 0 Å². The molecule has 1 heterocycles. The lowest BCUT2D eigenvalue weighted by atomic mass is 10.1. The molecule has 1 N–H and O–H groups in total. The van der Waals surface area contributed by atoms with Crippen LogP contribution < -0.4 is 5.32 Å². The maximum absolute atomic E-state index is 13.5. The van der Waals surface area contributed by atoms with E-state index in [1.807, 2.05) is 19.9 Å². The van der Waals surface area contributed by atoms with Crippen LogP contribution in [0.25, 0.3) is 0 Å². The number of aryl methyl sites for hydroxylation is 1. The van der Waals surface area contributed by atoms with E-state index in [-0.39, 0.29) is 11.1 Å². The van der Waals surface area contributed by atoms with Gasteiger partial charge < -0.3 is 5.32 Å². The van der Waals surface area contributed by atoms with Gasteiger partial charge in [-0.25, -0.2) is 14.4 Å². The summed E-state index contributed by atoms with van der Waals surface area (Å²) in [6.45, 7) is 4.22. The summed E-state index contributed by atoms with van der Waals surface area (Å²) < 4.78 is 13.5. The van der Waals surface area contributed by atoms with Crippen molar-refractivity contribution in [3.8, 4) is 0 Å². The van der Waals surface area contributed by atoms with Crippen molar-refractivity contribution in [3.05, 3.63) is 57.3 Å². The lowest BCUT2D eigenvalue weighted by molar-refractivity contribution is 0.558. The second kappa shape index (κ2) is 6.48. The van der Waals surface area contributed by atoms with Gasteiger partial charge in [-0.3, -0.25) is 0 Å². The van der Waals surface area contributed by atoms with Crippen molar-refractivity contribution in [1.29, 1.82) is 0 Å². The van der Waals surface area contributed by atoms with E-state index >= 15 is 0 Å². The van der Waals surface area contributed by atoms with Crippen molar-refractivity contribution in [2.24, 2.45) is 0 Å². The maximum Gasteiger partial charge on any atom is 0.142 e. The predicted molar refractivity (Wildman–Crippen MR) is 78.4 cm³/mol. The highest BCUT2D eigenvalue weighted by atomic mass is 35.5. The fraction of sp³-hybridized carbons (Fsp3) is 0.286. The largest absolute Gasteiger partial charge is 0.304 e. The maximum atomic E-state index is 13.5. The SMILES string of the molecule is Cc1nccc(CNC(C)c2c(Cl)ccc(F)c2Cl)n1. The first kappa shape index (κ1) is 15.2. The van der Waals surface area contributed by atoms with Crippen LogP contribution in [0.2, 0.25) is 10.0 Å². The Bertz CT molecular complexity index is 619. The molecule has 1 atom stereocenters. The van der Waals surface area contributed by atoms with Gasteiger partial charge in [0.1, 0.15) is 11.6 Å². The molecule has 6 heteroatoms. The zero-order valence-corrected chi connectivity index (χ0v) is 12.6. The van der Waals surface area contributed by atoms with Crippen molar-refractivity contribution < 1.29 is 4.39 Å². The highest BCUT2D eigenvalue weighted by Crippen LogP contribution is 2.32. The highest BCUT2D eigenvalue weighted by molar-refractivity contribution is 6.36. The van der Waals surface area contributed by atoms with Crippen LogP contribution in [0.5, 0.6) is 0 Å². The summed E-state index contributed by atoms with van der Waals surface area (Å²) >= 11 is 12.1. The average molecular weight is 314 g/mol. The average Bonchev–Trinajstić information content (AvgIpc) is 2.41. The standard InChI is InChI=1S/C14H14Cl2FN3/c1-8(13-11(15)3-4-12(17)14(13)16)19-7-10-5-6-18-9(2)20-10/h3-6,8,19H,7H2,1-2H3. The summed E-state index contributed by atoms with van der Waals surface area (Å²) in [6, 6.07) is 4.39. The topological polar surface area (TPSA) is 37.8 Å². The molecule has 3 nitrogen and oxygen atoms in total. The van der Waals surface area contributed by atoms with E-state index < -0.39 is 5.82 Å². The molecule has 1 aromatic heterocycles. The molecule has 0 radical (unpaired) electrons. The van der Waals surface area contributed by atoms with E-state index in [1.165, 1.54) is 12.1 Å². The molecule has 2 rings (SSSR count). The number of hydrogen-bond acceptors (Lipinski definition) is 3. The summed E-state index contributed by atoms with van der Waals surface area (Å²) in [5.41, 5.74) is 1.41. The summed E-state index contributed by atoms with van der Waals surface area (Å²) in [5.74, 6) is 0.233. The quantitative estimate of drug-likeness (QED) is 0.864. The Labute approximate surface area is 127 Å². The van der Waals surface area contributed by atoms with Crippen LogP contribution in [-0.2, 0) is 6.54 Å². The normalized spacial score (nSPS) is 12.4. The van der Waals surface area contributed by atoms with Gasteiger partial charge >= 0.3 is 0 Å². The molecule has 0 aliphatic carbocycles. The summed E-state index contributed by atoms with van der Waals surface area (Å²) in [6.07, 6.45) is 1.70. The lowest BCUT2D eigenvalue weighted by Gasteiger charge is -2.17. The Hall–Kier alpha value is -1.23. The monoisotopic (exact) mass is 313 g/mol. The van der Waals surface area contributed by atoms with Gasteiger partial charge in [0.05, 0.1) is 10.7 Å². The van der Waals surface area contributed by atoms with E-state index in [0.717, 1.165) is 5.69 Å². The van der Waals surface area contributed by atoms with Gasteiger partial charge in [-0.1, -0.05) is 23.2 Å². The minimum atomic E-state index is -0.474. The van der Waals surface area contributed by atoms with Gasteiger partial charge in [0, 0.05) is 29.4 Å². The van der Waals surface area contributed by atoms with Gasteiger partial charge in [-0.05, 0) is 32.0 Å². The first-order valence-electron chi connectivity index (χ1n) is 6.14. The Morgan fingerprint density at radius 2 is 2.05 bits per heavy atom. The summed E-state index contributed by atoms with van der Waals surface area (Å²) in [5, 5.41) is 3.72. The second-order valence-corrected chi connectivity index (χ2v) is 5.24. The van der Waals surface area contributed by atoms with Crippen molar-refractivity contribution in [2.75, 3.05) is 0 Å². The molecule has 106 valence electrons. The van der Waals surface area contributed by atoms with Crippen LogP contribution >= 0.6 is 23.2 Å². The van der Waals surface area contributed by atoms with E-state index in [0.29, 0.717) is 23.0 Å². The minimum Gasteiger partial charge on any atom is -0.304 e. The molecule has 0 spiro atoms. The molecule has 0 fully saturated rings. The number of nitrogens with zero attached hydrogens (tertiary/aromatic N) is 2. The molecular weight excluding hydrogens is 300 g/mol. The zero-order valence-electron chi connectivity index (χ0n) is 11.1. The molecule has 1 aromatic carbocycles. The number of benzene rings is 1. The molecule has 0 aliphatic heterocycles. The Morgan fingerprint density at radius 1 is 1.30 bits per heavy atom. The van der Waals surface area contributed by atoms with Crippen LogP contribution in [0.3, 0.4) is 0 Å². The number of nitrogens with one attached hydrogen (secondary N) is 1. The predicted octanol–water partition coefficient (Wildman–Crippen LogP) is 4.08. The van der Waals surface area contributed by atoms with E-state index in [1.54, 1.807) is 6.20 Å². The van der Waals surface area contributed by atoms with Gasteiger partial charge in [0.2, 0.25) is 0 Å². The first-order chi connectivity index (χ1) is 9.49. The fourth-order valence-corrected chi connectivity index (χ4v) is 2.60. The molecule has 0 saturated heterocycles. The third kappa shape index (κ3) is 3.45. The number of rotatable bonds is 4. The summed E-state index contributed by atoms with van der Waals surface area (Å²) in [7, 11) is 0. The van der Waals surface area contributed by atoms with Crippen LogP contribution in [0, 0.1) is 12.7 Å². The molecular formula is C14H14Cl2FN3. The molecule has 1 unspecified atom stereocenters. The number of aromatic nitrogens is 2. The van der Waals surface area contributed by atoms with Crippen LogP contribution in [0.1, 0.15) is 30.0 Å². The zero-order chi connectivity index (χ0) is 14.7.